The van der Waals surface area contributed by atoms with E-state index in [4.69, 9.17) is 0 Å². The highest BCUT2D eigenvalue weighted by Crippen LogP contribution is 2.24. The second kappa shape index (κ2) is 5.40. The van der Waals surface area contributed by atoms with Gasteiger partial charge in [0.25, 0.3) is 0 Å². The highest BCUT2D eigenvalue weighted by Gasteiger charge is 2.27. The van der Waals surface area contributed by atoms with E-state index < -0.39 is 5.97 Å². The first kappa shape index (κ1) is 14.8. The van der Waals surface area contributed by atoms with E-state index in [1.165, 1.54) is 6.20 Å². The van der Waals surface area contributed by atoms with E-state index in [2.05, 4.69) is 35.6 Å². The molecule has 5 heteroatoms. The molecule has 20 heavy (non-hydrogen) atoms. The third-order valence-electron chi connectivity index (χ3n) is 3.82. The van der Waals surface area contributed by atoms with Crippen molar-refractivity contribution < 1.29 is 9.90 Å². The normalized spacial score (nSPS) is 17.3. The molecule has 0 aromatic carbocycles. The first-order valence-electron chi connectivity index (χ1n) is 6.99. The number of hydrogen-bond donors (Lipinski definition) is 1. The molecule has 0 unspecified atom stereocenters. The van der Waals surface area contributed by atoms with Crippen molar-refractivity contribution in [1.82, 2.24) is 9.88 Å². The van der Waals surface area contributed by atoms with E-state index in [1.54, 1.807) is 0 Å². The molecule has 1 aliphatic heterocycles. The van der Waals surface area contributed by atoms with Crippen LogP contribution in [0.5, 0.6) is 0 Å². The Labute approximate surface area is 120 Å². The van der Waals surface area contributed by atoms with Gasteiger partial charge in [-0.2, -0.15) is 0 Å². The summed E-state index contributed by atoms with van der Waals surface area (Å²) in [4.78, 5) is 20.0. The number of rotatable bonds is 2. The topological polar surface area (TPSA) is 56.7 Å². The number of carbonyl (C=O) groups is 1. The van der Waals surface area contributed by atoms with Gasteiger partial charge >= 0.3 is 5.97 Å². The molecule has 2 rings (SSSR count). The number of anilines is 1. The summed E-state index contributed by atoms with van der Waals surface area (Å²) < 4.78 is 0. The van der Waals surface area contributed by atoms with Crippen molar-refractivity contribution in [2.45, 2.75) is 33.2 Å². The first-order valence-corrected chi connectivity index (χ1v) is 6.99. The molecular formula is C15H23N3O2. The SMILES string of the molecule is Cc1cc(N2CCN(C(C)(C)C)CC2)c(C(=O)O)cn1. The van der Waals surface area contributed by atoms with E-state index in [9.17, 15) is 9.90 Å². The van der Waals surface area contributed by atoms with E-state index in [0.29, 0.717) is 5.56 Å². The number of carboxylic acid groups (broad SMARTS) is 1. The predicted octanol–water partition coefficient (Wildman–Crippen LogP) is 2.01. The van der Waals surface area contributed by atoms with Crippen LogP contribution in [-0.2, 0) is 0 Å². The number of pyridine rings is 1. The Kier molecular flexibility index (Phi) is 3.99. The minimum atomic E-state index is -0.911. The minimum absolute atomic E-state index is 0.163. The quantitative estimate of drug-likeness (QED) is 0.896. The first-order chi connectivity index (χ1) is 9.29. The predicted molar refractivity (Wildman–Crippen MR) is 79.5 cm³/mol. The number of aryl methyl sites for hydroxylation is 1. The number of piperazine rings is 1. The van der Waals surface area contributed by atoms with Crippen molar-refractivity contribution in [3.63, 3.8) is 0 Å². The molecule has 1 aromatic heterocycles. The number of hydrogen-bond acceptors (Lipinski definition) is 4. The average Bonchev–Trinajstić information content (AvgIpc) is 2.37. The molecule has 1 fully saturated rings. The van der Waals surface area contributed by atoms with Gasteiger partial charge in [0.2, 0.25) is 0 Å². The van der Waals surface area contributed by atoms with Gasteiger partial charge in [0.1, 0.15) is 5.56 Å². The Balaban J connectivity index is 2.18. The van der Waals surface area contributed by atoms with E-state index in [1.807, 2.05) is 13.0 Å². The summed E-state index contributed by atoms with van der Waals surface area (Å²) in [6, 6.07) is 1.87. The highest BCUT2D eigenvalue weighted by molar-refractivity contribution is 5.94. The molecule has 1 N–H and O–H groups in total. The summed E-state index contributed by atoms with van der Waals surface area (Å²) in [6.45, 7) is 12.1. The lowest BCUT2D eigenvalue weighted by Crippen LogP contribution is -2.53. The Morgan fingerprint density at radius 2 is 1.85 bits per heavy atom. The number of aromatic nitrogens is 1. The van der Waals surface area contributed by atoms with Crippen molar-refractivity contribution in [1.29, 1.82) is 0 Å². The second-order valence-electron chi connectivity index (χ2n) is 6.29. The molecule has 0 saturated carbocycles. The van der Waals surface area contributed by atoms with Crippen LogP contribution >= 0.6 is 0 Å². The second-order valence-corrected chi connectivity index (χ2v) is 6.29. The smallest absolute Gasteiger partial charge is 0.339 e. The van der Waals surface area contributed by atoms with E-state index in [-0.39, 0.29) is 5.54 Å². The van der Waals surface area contributed by atoms with Crippen LogP contribution in [-0.4, -0.2) is 52.7 Å². The minimum Gasteiger partial charge on any atom is -0.478 e. The highest BCUT2D eigenvalue weighted by atomic mass is 16.4. The Morgan fingerprint density at radius 1 is 1.25 bits per heavy atom. The van der Waals surface area contributed by atoms with Crippen LogP contribution < -0.4 is 4.90 Å². The van der Waals surface area contributed by atoms with Crippen LogP contribution in [0, 0.1) is 6.92 Å². The van der Waals surface area contributed by atoms with Crippen molar-refractivity contribution in [3.8, 4) is 0 Å². The lowest BCUT2D eigenvalue weighted by Gasteiger charge is -2.43. The Bertz CT molecular complexity index is 500. The number of carboxylic acids is 1. The Morgan fingerprint density at radius 3 is 2.35 bits per heavy atom. The third kappa shape index (κ3) is 3.10. The van der Waals surface area contributed by atoms with Crippen molar-refractivity contribution in [2.75, 3.05) is 31.1 Å². The zero-order chi connectivity index (χ0) is 14.9. The maximum absolute atomic E-state index is 11.3. The van der Waals surface area contributed by atoms with Crippen LogP contribution in [0.2, 0.25) is 0 Å². The fourth-order valence-electron chi connectivity index (χ4n) is 2.59. The van der Waals surface area contributed by atoms with Crippen molar-refractivity contribution in [2.24, 2.45) is 0 Å². The van der Waals surface area contributed by atoms with E-state index >= 15 is 0 Å². The molecule has 0 radical (unpaired) electrons. The standard InChI is InChI=1S/C15H23N3O2/c1-11-9-13(12(10-16-11)14(19)20)17-5-7-18(8-6-17)15(2,3)4/h9-10H,5-8H2,1-4H3,(H,19,20). The van der Waals surface area contributed by atoms with Gasteiger partial charge in [-0.15, -0.1) is 0 Å². The maximum Gasteiger partial charge on any atom is 0.339 e. The summed E-state index contributed by atoms with van der Waals surface area (Å²) >= 11 is 0. The zero-order valence-corrected chi connectivity index (χ0v) is 12.7. The van der Waals surface area contributed by atoms with Gasteiger partial charge in [-0.25, -0.2) is 4.79 Å². The van der Waals surface area contributed by atoms with Crippen LogP contribution in [0.4, 0.5) is 5.69 Å². The fourth-order valence-corrected chi connectivity index (χ4v) is 2.59. The van der Waals surface area contributed by atoms with Crippen molar-refractivity contribution >= 4 is 11.7 Å². The van der Waals surface area contributed by atoms with Crippen LogP contribution in [0.1, 0.15) is 36.8 Å². The fraction of sp³-hybridized carbons (Fsp3) is 0.600. The van der Waals surface area contributed by atoms with Gasteiger partial charge in [0.15, 0.2) is 0 Å². The van der Waals surface area contributed by atoms with Gasteiger partial charge in [0.05, 0.1) is 5.69 Å². The summed E-state index contributed by atoms with van der Waals surface area (Å²) in [5.74, 6) is -0.911. The summed E-state index contributed by atoms with van der Waals surface area (Å²) in [5, 5.41) is 9.29. The largest absolute Gasteiger partial charge is 0.478 e. The molecule has 1 saturated heterocycles. The van der Waals surface area contributed by atoms with Crippen LogP contribution in [0.15, 0.2) is 12.3 Å². The molecule has 0 aliphatic carbocycles. The van der Waals surface area contributed by atoms with Crippen LogP contribution in [0.3, 0.4) is 0 Å². The molecule has 2 heterocycles. The molecule has 0 atom stereocenters. The summed E-state index contributed by atoms with van der Waals surface area (Å²) in [6.07, 6.45) is 1.46. The third-order valence-corrected chi connectivity index (χ3v) is 3.82. The lowest BCUT2D eigenvalue weighted by atomic mass is 10.0. The van der Waals surface area contributed by atoms with Gasteiger partial charge in [0, 0.05) is 43.6 Å². The monoisotopic (exact) mass is 277 g/mol. The molecule has 0 bridgehead atoms. The van der Waals surface area contributed by atoms with Gasteiger partial charge in [-0.05, 0) is 33.8 Å². The van der Waals surface area contributed by atoms with E-state index in [0.717, 1.165) is 37.6 Å². The molecule has 1 aromatic rings. The van der Waals surface area contributed by atoms with Gasteiger partial charge in [-0.3, -0.25) is 9.88 Å². The van der Waals surface area contributed by atoms with Gasteiger partial charge < -0.3 is 10.0 Å². The molecule has 0 amide bonds. The average molecular weight is 277 g/mol. The summed E-state index contributed by atoms with van der Waals surface area (Å²) in [7, 11) is 0. The van der Waals surface area contributed by atoms with Crippen molar-refractivity contribution in [3.05, 3.63) is 23.5 Å². The maximum atomic E-state index is 11.3. The number of nitrogens with zero attached hydrogens (tertiary/aromatic N) is 3. The summed E-state index contributed by atoms with van der Waals surface area (Å²) in [5.41, 5.74) is 2.09. The van der Waals surface area contributed by atoms with Gasteiger partial charge in [-0.1, -0.05) is 0 Å². The molecular weight excluding hydrogens is 254 g/mol. The molecule has 0 spiro atoms. The molecule has 110 valence electrons. The molecule has 5 nitrogen and oxygen atoms in total. The molecule has 1 aliphatic rings. The lowest BCUT2D eigenvalue weighted by molar-refractivity contribution is 0.0696. The zero-order valence-electron chi connectivity index (χ0n) is 12.7. The Hall–Kier alpha value is -1.62. The number of aromatic carboxylic acids is 1. The van der Waals surface area contributed by atoms with Crippen LogP contribution in [0.25, 0.3) is 0 Å².